The minimum absolute atomic E-state index is 0.257. The molecular weight excluding hydrogens is 184 g/mol. The van der Waals surface area contributed by atoms with Crippen LogP contribution in [0.1, 0.15) is 28.1 Å². The third kappa shape index (κ3) is 5.21. The lowest BCUT2D eigenvalue weighted by atomic mass is 10.2. The molecule has 1 aromatic rings. The molecule has 1 aromatic carbocycles. The average Bonchev–Trinajstić information content (AvgIpc) is 2.29. The number of hydrogen-bond donors (Lipinski definition) is 0. The first-order chi connectivity index (χ1) is 8.18. The van der Waals surface area contributed by atoms with E-state index >= 15 is 0 Å². The molecule has 0 aliphatic rings. The van der Waals surface area contributed by atoms with Crippen molar-refractivity contribution in [3.8, 4) is 0 Å². The van der Waals surface area contributed by atoms with Crippen molar-refractivity contribution in [2.75, 3.05) is 6.61 Å². The normalized spacial score (nSPS) is 11.3. The quantitative estimate of drug-likeness (QED) is 0.507. The molecule has 0 aromatic heterocycles. The summed E-state index contributed by atoms with van der Waals surface area (Å²) in [5.74, 6) is 0. The van der Waals surface area contributed by atoms with E-state index in [0.29, 0.717) is 13.2 Å². The second-order valence-corrected chi connectivity index (χ2v) is 3.55. The second-order valence-electron chi connectivity index (χ2n) is 3.55. The van der Waals surface area contributed by atoms with Crippen molar-refractivity contribution in [2.24, 2.45) is 0 Å². The number of benzene rings is 1. The number of allylic oxidation sites excluding steroid dienone is 1. The van der Waals surface area contributed by atoms with Gasteiger partial charge in [0.05, 0.1) is 9.35 Å². The predicted octanol–water partition coefficient (Wildman–Crippen LogP) is 3.71. The zero-order valence-corrected chi connectivity index (χ0v) is 9.12. The Hall–Kier alpha value is -1.30. The van der Waals surface area contributed by atoms with E-state index < -0.39 is 0 Å². The summed E-state index contributed by atoms with van der Waals surface area (Å²) in [6.45, 7) is 2.97. The summed E-state index contributed by atoms with van der Waals surface area (Å²) in [5.41, 5.74) is 4.78. The molecule has 0 aliphatic heterocycles. The van der Waals surface area contributed by atoms with E-state index in [1.807, 2.05) is 37.3 Å². The van der Waals surface area contributed by atoms with Crippen molar-refractivity contribution in [1.82, 2.24) is 0 Å². The van der Waals surface area contributed by atoms with Crippen LogP contribution >= 0.6 is 0 Å². The lowest BCUT2D eigenvalue weighted by molar-refractivity contribution is 0.118. The lowest BCUT2D eigenvalue weighted by Crippen LogP contribution is -1.95. The van der Waals surface area contributed by atoms with Crippen molar-refractivity contribution in [1.29, 1.82) is 0 Å². The van der Waals surface area contributed by atoms with Crippen molar-refractivity contribution in [3.63, 3.8) is 0 Å². The minimum atomic E-state index is -0.257. The van der Waals surface area contributed by atoms with E-state index in [2.05, 4.69) is 5.73 Å². The Labute approximate surface area is 94.9 Å². The molecule has 0 aliphatic carbocycles. The predicted molar refractivity (Wildman–Crippen MR) is 63.7 cm³/mol. The van der Waals surface area contributed by atoms with E-state index in [1.54, 1.807) is 0 Å². The van der Waals surface area contributed by atoms with Gasteiger partial charge in [-0.15, -0.1) is 5.73 Å². The number of hydrogen-bond acceptors (Lipinski definition) is 1. The highest BCUT2D eigenvalue weighted by molar-refractivity contribution is 5.13. The Balaban J connectivity index is 2.16. The Kier molecular flexibility index (Phi) is 4.22. The molecule has 1 rings (SSSR count). The molecule has 1 heteroatoms. The lowest BCUT2D eigenvalue weighted by Gasteiger charge is -2.03. The first-order valence-electron chi connectivity index (χ1n) is 6.20. The molecule has 0 fully saturated rings. The van der Waals surface area contributed by atoms with E-state index in [0.717, 1.165) is 18.4 Å². The molecule has 1 nitrogen and oxygen atoms in total. The molecule has 80 valence electrons. The second kappa shape index (κ2) is 7.05. The summed E-state index contributed by atoms with van der Waals surface area (Å²) in [4.78, 5) is 0. The highest BCUT2D eigenvalue weighted by atomic mass is 16.5. The van der Waals surface area contributed by atoms with Gasteiger partial charge in [0.25, 0.3) is 0 Å². The molecule has 0 spiro atoms. The molecule has 0 saturated carbocycles. The van der Waals surface area contributed by atoms with Crippen LogP contribution in [0.25, 0.3) is 0 Å². The Morgan fingerprint density at radius 2 is 2.27 bits per heavy atom. The fraction of sp³-hybridized carbons (Fsp3) is 0.357. The molecule has 0 heterocycles. The first-order valence-corrected chi connectivity index (χ1v) is 5.20. The van der Waals surface area contributed by atoms with E-state index in [1.165, 1.54) is 5.56 Å². The molecule has 0 N–H and O–H groups in total. The third-order valence-corrected chi connectivity index (χ3v) is 2.17. The molecule has 0 bridgehead atoms. The summed E-state index contributed by atoms with van der Waals surface area (Å²) in [5, 5.41) is 0. The summed E-state index contributed by atoms with van der Waals surface area (Å²) in [6.07, 6.45) is 1.73. The van der Waals surface area contributed by atoms with E-state index in [-0.39, 0.29) is 6.53 Å². The van der Waals surface area contributed by atoms with Crippen molar-refractivity contribution in [3.05, 3.63) is 53.7 Å². The van der Waals surface area contributed by atoms with Gasteiger partial charge in [-0.2, -0.15) is 0 Å². The minimum Gasteiger partial charge on any atom is -0.377 e. The number of ether oxygens (including phenoxy) is 1. The van der Waals surface area contributed by atoms with Crippen LogP contribution in [-0.2, 0) is 11.3 Å². The van der Waals surface area contributed by atoms with Gasteiger partial charge in [0.2, 0.25) is 0 Å². The zero-order chi connectivity index (χ0) is 12.5. The van der Waals surface area contributed by atoms with E-state index in [9.17, 15) is 0 Å². The molecule has 0 radical (unpaired) electrons. The average molecular weight is 204 g/mol. The van der Waals surface area contributed by atoms with Gasteiger partial charge in [-0.25, -0.2) is 0 Å². The molecule has 0 atom stereocenters. The fourth-order valence-electron chi connectivity index (χ4n) is 1.27. The topological polar surface area (TPSA) is 9.23 Å². The zero-order valence-electron chi connectivity index (χ0n) is 11.1. The largest absolute Gasteiger partial charge is 0.377 e. The van der Waals surface area contributed by atoms with Crippen LogP contribution in [-0.4, -0.2) is 6.61 Å². The Bertz CT molecular complexity index is 388. The molecule has 0 unspecified atom stereocenters. The van der Waals surface area contributed by atoms with Gasteiger partial charge in [-0.3, -0.25) is 0 Å². The van der Waals surface area contributed by atoms with Crippen LogP contribution in [0.4, 0.5) is 0 Å². The third-order valence-electron chi connectivity index (χ3n) is 2.17. The maximum atomic E-state index is 6.96. The van der Waals surface area contributed by atoms with Crippen LogP contribution in [0.2, 0.25) is 0 Å². The summed E-state index contributed by atoms with van der Waals surface area (Å²) < 4.78 is 19.4. The molecule has 0 saturated heterocycles. The summed E-state index contributed by atoms with van der Waals surface area (Å²) >= 11 is 0. The first kappa shape index (κ1) is 8.96. The van der Waals surface area contributed by atoms with Gasteiger partial charge in [0, 0.05) is 6.61 Å². The van der Waals surface area contributed by atoms with Crippen molar-refractivity contribution < 1.29 is 7.48 Å². The fourth-order valence-corrected chi connectivity index (χ4v) is 1.27. The summed E-state index contributed by atoms with van der Waals surface area (Å²) in [7, 11) is 0. The molecular formula is C14H18O. The monoisotopic (exact) mass is 204 g/mol. The SMILES string of the molecule is [2H]C([2H])=C=C(C)CCCOCc1ccccc1. The maximum Gasteiger partial charge on any atom is 0.0716 e. The Morgan fingerprint density at radius 1 is 1.47 bits per heavy atom. The van der Waals surface area contributed by atoms with E-state index in [4.69, 9.17) is 7.48 Å². The van der Waals surface area contributed by atoms with Gasteiger partial charge < -0.3 is 4.74 Å². The van der Waals surface area contributed by atoms with Gasteiger partial charge in [-0.1, -0.05) is 36.9 Å². The highest BCUT2D eigenvalue weighted by Crippen LogP contribution is 2.04. The van der Waals surface area contributed by atoms with Crippen LogP contribution < -0.4 is 0 Å². The van der Waals surface area contributed by atoms with Gasteiger partial charge >= 0.3 is 0 Å². The smallest absolute Gasteiger partial charge is 0.0716 e. The van der Waals surface area contributed by atoms with Crippen LogP contribution in [0.5, 0.6) is 0 Å². The van der Waals surface area contributed by atoms with Crippen LogP contribution in [0.15, 0.2) is 48.2 Å². The van der Waals surface area contributed by atoms with Crippen molar-refractivity contribution in [2.45, 2.75) is 26.4 Å². The van der Waals surface area contributed by atoms with Crippen LogP contribution in [0, 0.1) is 0 Å². The van der Waals surface area contributed by atoms with Crippen LogP contribution in [0.3, 0.4) is 0 Å². The summed E-state index contributed by atoms with van der Waals surface area (Å²) in [6, 6.07) is 10.1. The number of rotatable bonds is 6. The van der Waals surface area contributed by atoms with Gasteiger partial charge in [0.1, 0.15) is 0 Å². The van der Waals surface area contributed by atoms with Gasteiger partial charge in [-0.05, 0) is 30.9 Å². The van der Waals surface area contributed by atoms with Gasteiger partial charge in [0.15, 0.2) is 0 Å². The highest BCUT2D eigenvalue weighted by Gasteiger charge is 1.92. The standard InChI is InChI=1S/C14H18O/c1-3-13(2)8-7-11-15-12-14-9-5-4-6-10-14/h4-6,9-10H,1,7-8,11-12H2,2H3/i1D2. The van der Waals surface area contributed by atoms with Crippen molar-refractivity contribution >= 4 is 0 Å². The maximum absolute atomic E-state index is 6.96. The Morgan fingerprint density at radius 3 is 3.00 bits per heavy atom. The molecule has 0 amide bonds. The molecule has 15 heavy (non-hydrogen) atoms.